The molecule has 1 N–H and O–H groups in total. The van der Waals surface area contributed by atoms with E-state index in [1.807, 2.05) is 0 Å². The number of nitrogens with one attached hydrogen (secondary N) is 1. The Morgan fingerprint density at radius 2 is 2.00 bits per heavy atom. The Kier molecular flexibility index (Phi) is 5.32. The second-order valence-corrected chi connectivity index (χ2v) is 6.55. The summed E-state index contributed by atoms with van der Waals surface area (Å²) in [5.41, 5.74) is -2.69. The van der Waals surface area contributed by atoms with Gasteiger partial charge in [0.1, 0.15) is 17.9 Å². The molecule has 0 radical (unpaired) electrons. The maximum atomic E-state index is 14.4. The van der Waals surface area contributed by atoms with Crippen molar-refractivity contribution < 1.29 is 27.1 Å². The van der Waals surface area contributed by atoms with Crippen molar-refractivity contribution >= 4 is 17.5 Å². The Hall–Kier alpha value is -2.29. The fraction of sp³-hybridized carbons (Fsp3) is 0.412. The van der Waals surface area contributed by atoms with Crippen LogP contribution in [0.25, 0.3) is 5.69 Å². The Balaban J connectivity index is 2.10. The molecule has 1 aromatic carbocycles. The molecule has 1 aliphatic rings. The third-order valence-electron chi connectivity index (χ3n) is 4.33. The minimum absolute atomic E-state index is 0.0386. The SMILES string of the molecule is CNC(=O)c1ncn(-c2cc(OC3CCCC3)c(Cl)cc2F)c1C(F)(F)F. The van der Waals surface area contributed by atoms with Crippen molar-refractivity contribution in [2.75, 3.05) is 7.05 Å². The van der Waals surface area contributed by atoms with E-state index in [1.165, 1.54) is 7.05 Å². The lowest BCUT2D eigenvalue weighted by molar-refractivity contribution is -0.142. The normalized spacial score (nSPS) is 15.2. The number of alkyl halides is 3. The van der Waals surface area contributed by atoms with Crippen molar-refractivity contribution in [1.29, 1.82) is 0 Å². The van der Waals surface area contributed by atoms with Gasteiger partial charge in [-0.05, 0) is 31.7 Å². The highest BCUT2D eigenvalue weighted by molar-refractivity contribution is 6.32. The summed E-state index contributed by atoms with van der Waals surface area (Å²) in [6.45, 7) is 0. The molecule has 1 aromatic heterocycles. The molecule has 0 atom stereocenters. The molecule has 146 valence electrons. The van der Waals surface area contributed by atoms with Gasteiger partial charge >= 0.3 is 6.18 Å². The largest absolute Gasteiger partial charge is 0.489 e. The van der Waals surface area contributed by atoms with Gasteiger partial charge in [-0.25, -0.2) is 9.37 Å². The van der Waals surface area contributed by atoms with E-state index in [4.69, 9.17) is 16.3 Å². The van der Waals surface area contributed by atoms with Crippen LogP contribution in [0, 0.1) is 5.82 Å². The number of benzene rings is 1. The van der Waals surface area contributed by atoms with E-state index in [9.17, 15) is 22.4 Å². The molecule has 10 heteroatoms. The average molecular weight is 406 g/mol. The van der Waals surface area contributed by atoms with Crippen molar-refractivity contribution in [3.05, 3.63) is 40.7 Å². The predicted octanol–water partition coefficient (Wildman–Crippen LogP) is 4.36. The van der Waals surface area contributed by atoms with E-state index < -0.39 is 35.0 Å². The maximum absolute atomic E-state index is 14.4. The third kappa shape index (κ3) is 3.87. The Labute approximate surface area is 157 Å². The molecule has 27 heavy (non-hydrogen) atoms. The zero-order valence-corrected chi connectivity index (χ0v) is 15.0. The number of amides is 1. The first kappa shape index (κ1) is 19.5. The summed E-state index contributed by atoms with van der Waals surface area (Å²) in [6, 6.07) is 1.99. The fourth-order valence-electron chi connectivity index (χ4n) is 3.07. The Morgan fingerprint density at radius 1 is 1.33 bits per heavy atom. The number of hydrogen-bond acceptors (Lipinski definition) is 3. The van der Waals surface area contributed by atoms with Crippen LogP contribution in [0.15, 0.2) is 18.5 Å². The van der Waals surface area contributed by atoms with Gasteiger partial charge < -0.3 is 10.1 Å². The first-order chi connectivity index (χ1) is 12.7. The van der Waals surface area contributed by atoms with Crippen molar-refractivity contribution in [2.24, 2.45) is 0 Å². The lowest BCUT2D eigenvalue weighted by Crippen LogP contribution is -2.24. The number of ether oxygens (including phenoxy) is 1. The Bertz CT molecular complexity index is 861. The maximum Gasteiger partial charge on any atom is 0.434 e. The minimum Gasteiger partial charge on any atom is -0.489 e. The molecule has 0 unspecified atom stereocenters. The summed E-state index contributed by atoms with van der Waals surface area (Å²) in [7, 11) is 1.18. The molecule has 2 aromatic rings. The first-order valence-corrected chi connectivity index (χ1v) is 8.63. The van der Waals surface area contributed by atoms with Crippen LogP contribution in [0.1, 0.15) is 41.9 Å². The highest BCUT2D eigenvalue weighted by Gasteiger charge is 2.41. The summed E-state index contributed by atoms with van der Waals surface area (Å²) in [4.78, 5) is 15.3. The van der Waals surface area contributed by atoms with Crippen LogP contribution in [0.2, 0.25) is 5.02 Å². The monoisotopic (exact) mass is 405 g/mol. The van der Waals surface area contributed by atoms with E-state index in [2.05, 4.69) is 10.3 Å². The minimum atomic E-state index is -4.93. The molecule has 0 saturated heterocycles. The van der Waals surface area contributed by atoms with E-state index in [-0.39, 0.29) is 16.9 Å². The second-order valence-electron chi connectivity index (χ2n) is 6.15. The summed E-state index contributed by atoms with van der Waals surface area (Å²) in [5.74, 6) is -1.94. The van der Waals surface area contributed by atoms with Crippen LogP contribution in [-0.4, -0.2) is 28.6 Å². The summed E-state index contributed by atoms with van der Waals surface area (Å²) in [6.07, 6.45) is -0.759. The number of halogens is 5. The lowest BCUT2D eigenvalue weighted by atomic mass is 10.2. The first-order valence-electron chi connectivity index (χ1n) is 8.25. The van der Waals surface area contributed by atoms with Crippen LogP contribution in [0.4, 0.5) is 17.6 Å². The summed E-state index contributed by atoms with van der Waals surface area (Å²) in [5, 5.41) is 2.05. The van der Waals surface area contributed by atoms with Crippen LogP contribution in [0.3, 0.4) is 0 Å². The molecule has 5 nitrogen and oxygen atoms in total. The van der Waals surface area contributed by atoms with Crippen molar-refractivity contribution in [2.45, 2.75) is 38.0 Å². The molecule has 3 rings (SSSR count). The fourth-order valence-corrected chi connectivity index (χ4v) is 3.26. The smallest absolute Gasteiger partial charge is 0.434 e. The number of rotatable bonds is 4. The molecule has 1 amide bonds. The average Bonchev–Trinajstić information content (AvgIpc) is 3.25. The van der Waals surface area contributed by atoms with Gasteiger partial charge in [0.15, 0.2) is 11.4 Å². The molecule has 1 saturated carbocycles. The molecule has 1 aliphatic carbocycles. The number of carbonyl (C=O) groups is 1. The van der Waals surface area contributed by atoms with E-state index >= 15 is 0 Å². The topological polar surface area (TPSA) is 56.2 Å². The zero-order valence-electron chi connectivity index (χ0n) is 14.2. The van der Waals surface area contributed by atoms with Gasteiger partial charge in [-0.15, -0.1) is 0 Å². The van der Waals surface area contributed by atoms with Gasteiger partial charge in [0, 0.05) is 13.1 Å². The van der Waals surface area contributed by atoms with Gasteiger partial charge in [0.05, 0.1) is 16.8 Å². The standard InChI is InChI=1S/C17H16ClF4N3O2/c1-23-16(26)14-15(17(20,21)22)25(8-24-14)12-7-13(10(18)6-11(12)19)27-9-4-2-3-5-9/h6-9H,2-5H2,1H3,(H,23,26). The highest BCUT2D eigenvalue weighted by atomic mass is 35.5. The summed E-state index contributed by atoms with van der Waals surface area (Å²) >= 11 is 6.00. The predicted molar refractivity (Wildman–Crippen MR) is 89.8 cm³/mol. The number of nitrogens with zero attached hydrogens (tertiary/aromatic N) is 2. The quantitative estimate of drug-likeness (QED) is 0.769. The molecule has 0 spiro atoms. The van der Waals surface area contributed by atoms with Gasteiger partial charge in [-0.1, -0.05) is 11.6 Å². The van der Waals surface area contributed by atoms with Crippen LogP contribution in [-0.2, 0) is 6.18 Å². The number of aromatic nitrogens is 2. The van der Waals surface area contributed by atoms with Crippen LogP contribution in [0.5, 0.6) is 5.75 Å². The van der Waals surface area contributed by atoms with Crippen molar-refractivity contribution in [1.82, 2.24) is 14.9 Å². The van der Waals surface area contributed by atoms with E-state index in [0.29, 0.717) is 4.57 Å². The van der Waals surface area contributed by atoms with Gasteiger partial charge in [0.25, 0.3) is 5.91 Å². The summed E-state index contributed by atoms with van der Waals surface area (Å²) < 4.78 is 61.3. The molecular formula is C17H16ClF4N3O2. The molecule has 0 bridgehead atoms. The van der Waals surface area contributed by atoms with Crippen LogP contribution < -0.4 is 10.1 Å². The number of imidazole rings is 1. The van der Waals surface area contributed by atoms with Crippen LogP contribution >= 0.6 is 11.6 Å². The third-order valence-corrected chi connectivity index (χ3v) is 4.63. The molecule has 1 heterocycles. The van der Waals surface area contributed by atoms with E-state index in [1.54, 1.807) is 0 Å². The highest BCUT2D eigenvalue weighted by Crippen LogP contribution is 2.37. The van der Waals surface area contributed by atoms with E-state index in [0.717, 1.165) is 44.1 Å². The van der Waals surface area contributed by atoms with Gasteiger partial charge in [0.2, 0.25) is 0 Å². The molecule has 0 aliphatic heterocycles. The van der Waals surface area contributed by atoms with Gasteiger partial charge in [-0.3, -0.25) is 9.36 Å². The molecule has 1 fully saturated rings. The number of hydrogen-bond donors (Lipinski definition) is 1. The second kappa shape index (κ2) is 7.38. The Morgan fingerprint density at radius 3 is 2.59 bits per heavy atom. The zero-order chi connectivity index (χ0) is 19.8. The lowest BCUT2D eigenvalue weighted by Gasteiger charge is -2.18. The van der Waals surface area contributed by atoms with Crippen molar-refractivity contribution in [3.63, 3.8) is 0 Å². The van der Waals surface area contributed by atoms with Crippen molar-refractivity contribution in [3.8, 4) is 11.4 Å². The number of carbonyl (C=O) groups excluding carboxylic acids is 1. The molecular weight excluding hydrogens is 390 g/mol. The van der Waals surface area contributed by atoms with Gasteiger partial charge in [-0.2, -0.15) is 13.2 Å².